The van der Waals surface area contributed by atoms with Crippen molar-refractivity contribution >= 4 is 21.8 Å². The lowest BCUT2D eigenvalue weighted by molar-refractivity contribution is 1.18. The maximum absolute atomic E-state index is 2.37. The number of aryl methyl sites for hydroxylation is 2. The highest BCUT2D eigenvalue weighted by atomic mass is 15.0. The molecule has 130 valence electrons. The van der Waals surface area contributed by atoms with Gasteiger partial charge in [-0.05, 0) is 60.4 Å². The first-order valence-electron chi connectivity index (χ1n) is 9.38. The van der Waals surface area contributed by atoms with Gasteiger partial charge in [-0.3, -0.25) is 0 Å². The molecule has 27 heavy (non-hydrogen) atoms. The standard InChI is InChI=1S/C26H21N/c1-18-12-13-20(16-19(18)2)21-14-15-24-23-10-6-7-11-25(23)27(26(24)17-21)22-8-4-3-5-9-22/h3-17H,1-2H3. The van der Waals surface area contributed by atoms with Gasteiger partial charge in [0.25, 0.3) is 0 Å². The van der Waals surface area contributed by atoms with Gasteiger partial charge in [0.2, 0.25) is 0 Å². The fourth-order valence-corrected chi connectivity index (χ4v) is 3.93. The van der Waals surface area contributed by atoms with Gasteiger partial charge in [-0.25, -0.2) is 0 Å². The summed E-state index contributed by atoms with van der Waals surface area (Å²) in [6, 6.07) is 32.8. The van der Waals surface area contributed by atoms with E-state index in [4.69, 9.17) is 0 Å². The first kappa shape index (κ1) is 15.9. The SMILES string of the molecule is Cc1ccc(-c2ccc3c4ccccc4n(-c4ccccc4)c3c2)cc1C. The summed E-state index contributed by atoms with van der Waals surface area (Å²) in [7, 11) is 0. The second-order valence-electron chi connectivity index (χ2n) is 7.22. The van der Waals surface area contributed by atoms with Crippen molar-refractivity contribution in [3.8, 4) is 16.8 Å². The monoisotopic (exact) mass is 347 g/mol. The molecule has 0 N–H and O–H groups in total. The Labute approximate surface area is 159 Å². The highest BCUT2D eigenvalue weighted by Crippen LogP contribution is 2.34. The molecule has 0 aliphatic heterocycles. The number of hydrogen-bond donors (Lipinski definition) is 0. The van der Waals surface area contributed by atoms with E-state index in [9.17, 15) is 0 Å². The summed E-state index contributed by atoms with van der Waals surface area (Å²) in [5.41, 5.74) is 8.87. The molecule has 1 nitrogen and oxygen atoms in total. The molecular weight excluding hydrogens is 326 g/mol. The molecule has 0 radical (unpaired) electrons. The van der Waals surface area contributed by atoms with Crippen molar-refractivity contribution in [1.82, 2.24) is 4.57 Å². The topological polar surface area (TPSA) is 4.93 Å². The maximum atomic E-state index is 2.37. The molecule has 0 unspecified atom stereocenters. The van der Waals surface area contributed by atoms with Crippen LogP contribution >= 0.6 is 0 Å². The van der Waals surface area contributed by atoms with Crippen LogP contribution in [0.15, 0.2) is 91.0 Å². The predicted octanol–water partition coefficient (Wildman–Crippen LogP) is 7.07. The lowest BCUT2D eigenvalue weighted by Gasteiger charge is -2.09. The van der Waals surface area contributed by atoms with E-state index in [1.807, 2.05) is 0 Å². The van der Waals surface area contributed by atoms with Crippen LogP contribution in [0.4, 0.5) is 0 Å². The van der Waals surface area contributed by atoms with Crippen LogP contribution in [-0.2, 0) is 0 Å². The zero-order chi connectivity index (χ0) is 18.4. The van der Waals surface area contributed by atoms with E-state index in [1.165, 1.54) is 49.7 Å². The molecule has 0 aliphatic carbocycles. The second-order valence-corrected chi connectivity index (χ2v) is 7.22. The van der Waals surface area contributed by atoms with Gasteiger partial charge in [0, 0.05) is 16.5 Å². The number of para-hydroxylation sites is 2. The van der Waals surface area contributed by atoms with Gasteiger partial charge in [-0.1, -0.05) is 66.7 Å². The lowest BCUT2D eigenvalue weighted by atomic mass is 9.99. The molecule has 0 fully saturated rings. The van der Waals surface area contributed by atoms with E-state index >= 15 is 0 Å². The summed E-state index contributed by atoms with van der Waals surface area (Å²) < 4.78 is 2.37. The van der Waals surface area contributed by atoms with Crippen LogP contribution in [-0.4, -0.2) is 4.57 Å². The van der Waals surface area contributed by atoms with Crippen molar-refractivity contribution in [2.45, 2.75) is 13.8 Å². The fraction of sp³-hybridized carbons (Fsp3) is 0.0769. The van der Waals surface area contributed by atoms with E-state index in [-0.39, 0.29) is 0 Å². The summed E-state index contributed by atoms with van der Waals surface area (Å²) in [6.07, 6.45) is 0. The number of nitrogens with zero attached hydrogens (tertiary/aromatic N) is 1. The van der Waals surface area contributed by atoms with Crippen molar-refractivity contribution in [3.63, 3.8) is 0 Å². The second kappa shape index (κ2) is 6.14. The van der Waals surface area contributed by atoms with E-state index in [0.29, 0.717) is 0 Å². The van der Waals surface area contributed by atoms with Crippen LogP contribution < -0.4 is 0 Å². The van der Waals surface area contributed by atoms with E-state index < -0.39 is 0 Å². The smallest absolute Gasteiger partial charge is 0.0547 e. The summed E-state index contributed by atoms with van der Waals surface area (Å²) in [6.45, 7) is 4.34. The van der Waals surface area contributed by atoms with Crippen LogP contribution in [0.25, 0.3) is 38.6 Å². The number of aromatic nitrogens is 1. The Balaban J connectivity index is 1.84. The average molecular weight is 347 g/mol. The molecule has 5 rings (SSSR count). The zero-order valence-electron chi connectivity index (χ0n) is 15.6. The molecule has 1 aromatic heterocycles. The zero-order valence-corrected chi connectivity index (χ0v) is 15.6. The van der Waals surface area contributed by atoms with Gasteiger partial charge >= 0.3 is 0 Å². The molecule has 0 saturated heterocycles. The van der Waals surface area contributed by atoms with Crippen LogP contribution in [0, 0.1) is 13.8 Å². The largest absolute Gasteiger partial charge is 0.309 e. The Morgan fingerprint density at radius 3 is 2.00 bits per heavy atom. The summed E-state index contributed by atoms with van der Waals surface area (Å²) in [4.78, 5) is 0. The summed E-state index contributed by atoms with van der Waals surface area (Å²) in [5.74, 6) is 0. The van der Waals surface area contributed by atoms with Gasteiger partial charge in [-0.2, -0.15) is 0 Å². The quantitative estimate of drug-likeness (QED) is 0.322. The van der Waals surface area contributed by atoms with Crippen molar-refractivity contribution in [2.24, 2.45) is 0 Å². The van der Waals surface area contributed by atoms with E-state index in [2.05, 4.69) is 109 Å². The van der Waals surface area contributed by atoms with Crippen molar-refractivity contribution < 1.29 is 0 Å². The Hall–Kier alpha value is -3.32. The molecule has 0 spiro atoms. The normalized spacial score (nSPS) is 11.3. The number of rotatable bonds is 2. The predicted molar refractivity (Wildman–Crippen MR) is 116 cm³/mol. The molecule has 5 aromatic rings. The molecular formula is C26H21N. The van der Waals surface area contributed by atoms with Crippen LogP contribution in [0.1, 0.15) is 11.1 Å². The summed E-state index contributed by atoms with van der Waals surface area (Å²) >= 11 is 0. The third-order valence-corrected chi connectivity index (χ3v) is 5.53. The average Bonchev–Trinajstić information content (AvgIpc) is 3.04. The number of fused-ring (bicyclic) bond motifs is 3. The minimum Gasteiger partial charge on any atom is -0.309 e. The lowest BCUT2D eigenvalue weighted by Crippen LogP contribution is -1.93. The van der Waals surface area contributed by atoms with Gasteiger partial charge in [0.05, 0.1) is 11.0 Å². The Bertz CT molecular complexity index is 1280. The Morgan fingerprint density at radius 2 is 1.19 bits per heavy atom. The number of hydrogen-bond acceptors (Lipinski definition) is 0. The van der Waals surface area contributed by atoms with Gasteiger partial charge in [-0.15, -0.1) is 0 Å². The molecule has 0 aliphatic rings. The van der Waals surface area contributed by atoms with Crippen LogP contribution in [0.3, 0.4) is 0 Å². The molecule has 1 heteroatoms. The third kappa shape index (κ3) is 2.55. The van der Waals surface area contributed by atoms with E-state index in [0.717, 1.165) is 0 Å². The molecule has 1 heterocycles. The molecule has 4 aromatic carbocycles. The van der Waals surface area contributed by atoms with Crippen LogP contribution in [0.2, 0.25) is 0 Å². The van der Waals surface area contributed by atoms with E-state index in [1.54, 1.807) is 0 Å². The molecule has 0 atom stereocenters. The summed E-state index contributed by atoms with van der Waals surface area (Å²) in [5, 5.41) is 2.59. The van der Waals surface area contributed by atoms with Gasteiger partial charge in [0.15, 0.2) is 0 Å². The molecule has 0 bridgehead atoms. The minimum absolute atomic E-state index is 1.20. The maximum Gasteiger partial charge on any atom is 0.0547 e. The Morgan fingerprint density at radius 1 is 0.519 bits per heavy atom. The third-order valence-electron chi connectivity index (χ3n) is 5.53. The molecule has 0 saturated carbocycles. The van der Waals surface area contributed by atoms with Crippen molar-refractivity contribution in [1.29, 1.82) is 0 Å². The van der Waals surface area contributed by atoms with Gasteiger partial charge in [0.1, 0.15) is 0 Å². The Kier molecular flexibility index (Phi) is 3.61. The first-order chi connectivity index (χ1) is 13.2. The fourth-order valence-electron chi connectivity index (χ4n) is 3.93. The highest BCUT2D eigenvalue weighted by molar-refractivity contribution is 6.10. The number of benzene rings is 4. The minimum atomic E-state index is 1.20. The van der Waals surface area contributed by atoms with Gasteiger partial charge < -0.3 is 4.57 Å². The van der Waals surface area contributed by atoms with Crippen molar-refractivity contribution in [3.05, 3.63) is 102 Å². The van der Waals surface area contributed by atoms with Crippen molar-refractivity contribution in [2.75, 3.05) is 0 Å². The van der Waals surface area contributed by atoms with Crippen LogP contribution in [0.5, 0.6) is 0 Å². The first-order valence-corrected chi connectivity index (χ1v) is 9.38. The molecule has 0 amide bonds. The highest BCUT2D eigenvalue weighted by Gasteiger charge is 2.12.